The maximum Gasteiger partial charge on any atom is 0.191 e. The number of halogens is 1. The lowest BCUT2D eigenvalue weighted by molar-refractivity contribution is 0.296. The first kappa shape index (κ1) is 19.1. The van der Waals surface area contributed by atoms with Crippen molar-refractivity contribution in [2.24, 2.45) is 10.9 Å². The van der Waals surface area contributed by atoms with E-state index in [2.05, 4.69) is 42.5 Å². The van der Waals surface area contributed by atoms with Crippen molar-refractivity contribution in [2.75, 3.05) is 13.7 Å². The molecule has 124 valence electrons. The van der Waals surface area contributed by atoms with Crippen LogP contribution in [-0.4, -0.2) is 25.2 Å². The molecule has 4 nitrogen and oxygen atoms in total. The first-order valence-corrected chi connectivity index (χ1v) is 7.67. The van der Waals surface area contributed by atoms with Gasteiger partial charge in [0, 0.05) is 24.7 Å². The van der Waals surface area contributed by atoms with E-state index in [-0.39, 0.29) is 29.5 Å². The standard InChI is InChI=1S/C17H27N3O.HI/c1-17(2,3)20-16(18-4)19-11-14-7-5-6-8-15(14)21-12-13-9-10-13;/h5-8,13H,9-12H2,1-4H3,(H2,18,19,20);1H. The maximum absolute atomic E-state index is 5.93. The molecule has 0 bridgehead atoms. The summed E-state index contributed by atoms with van der Waals surface area (Å²) in [6.45, 7) is 7.90. The van der Waals surface area contributed by atoms with Crippen molar-refractivity contribution in [1.29, 1.82) is 0 Å². The van der Waals surface area contributed by atoms with E-state index >= 15 is 0 Å². The molecule has 1 aliphatic carbocycles. The third-order valence-corrected chi connectivity index (χ3v) is 3.31. The van der Waals surface area contributed by atoms with E-state index in [1.807, 2.05) is 18.2 Å². The summed E-state index contributed by atoms with van der Waals surface area (Å²) >= 11 is 0. The van der Waals surface area contributed by atoms with Gasteiger partial charge in [-0.05, 0) is 45.6 Å². The summed E-state index contributed by atoms with van der Waals surface area (Å²) in [6, 6.07) is 8.20. The number of hydrogen-bond donors (Lipinski definition) is 2. The van der Waals surface area contributed by atoms with Crippen molar-refractivity contribution in [2.45, 2.75) is 45.7 Å². The van der Waals surface area contributed by atoms with Crippen LogP contribution in [0.4, 0.5) is 0 Å². The molecule has 0 aliphatic heterocycles. The Bertz CT molecular complexity index is 493. The summed E-state index contributed by atoms with van der Waals surface area (Å²) in [5, 5.41) is 6.70. The second-order valence-corrected chi connectivity index (χ2v) is 6.66. The Morgan fingerprint density at radius 1 is 1.27 bits per heavy atom. The summed E-state index contributed by atoms with van der Waals surface area (Å²) in [5.41, 5.74) is 1.15. The second kappa shape index (κ2) is 8.60. The number of nitrogens with one attached hydrogen (secondary N) is 2. The van der Waals surface area contributed by atoms with Gasteiger partial charge in [0.25, 0.3) is 0 Å². The van der Waals surface area contributed by atoms with Gasteiger partial charge >= 0.3 is 0 Å². The Morgan fingerprint density at radius 2 is 1.95 bits per heavy atom. The van der Waals surface area contributed by atoms with Crippen LogP contribution in [0.5, 0.6) is 5.75 Å². The molecule has 1 aliphatic rings. The Hall–Kier alpha value is -0.980. The Balaban J connectivity index is 0.00000242. The molecule has 0 heterocycles. The van der Waals surface area contributed by atoms with Gasteiger partial charge in [0.15, 0.2) is 5.96 Å². The smallest absolute Gasteiger partial charge is 0.191 e. The molecule has 1 aromatic carbocycles. The highest BCUT2D eigenvalue weighted by Crippen LogP contribution is 2.30. The summed E-state index contributed by atoms with van der Waals surface area (Å²) in [6.07, 6.45) is 2.62. The predicted molar refractivity (Wildman–Crippen MR) is 103 cm³/mol. The minimum Gasteiger partial charge on any atom is -0.493 e. The third kappa shape index (κ3) is 6.85. The fourth-order valence-corrected chi connectivity index (χ4v) is 2.00. The molecule has 2 N–H and O–H groups in total. The summed E-state index contributed by atoms with van der Waals surface area (Å²) in [5.74, 6) is 2.55. The molecule has 1 fully saturated rings. The fraction of sp³-hybridized carbons (Fsp3) is 0.588. The van der Waals surface area contributed by atoms with Gasteiger partial charge in [0.1, 0.15) is 5.75 Å². The first-order valence-electron chi connectivity index (χ1n) is 7.67. The molecule has 0 unspecified atom stereocenters. The van der Waals surface area contributed by atoms with Gasteiger partial charge in [0.2, 0.25) is 0 Å². The molecule has 0 spiro atoms. The van der Waals surface area contributed by atoms with E-state index in [1.54, 1.807) is 7.05 Å². The molecule has 0 aromatic heterocycles. The second-order valence-electron chi connectivity index (χ2n) is 6.66. The van der Waals surface area contributed by atoms with E-state index in [0.29, 0.717) is 6.54 Å². The van der Waals surface area contributed by atoms with Crippen molar-refractivity contribution < 1.29 is 4.74 Å². The largest absolute Gasteiger partial charge is 0.493 e. The van der Waals surface area contributed by atoms with Crippen molar-refractivity contribution in [3.05, 3.63) is 29.8 Å². The molecule has 5 heteroatoms. The molecule has 22 heavy (non-hydrogen) atoms. The highest BCUT2D eigenvalue weighted by molar-refractivity contribution is 14.0. The SMILES string of the molecule is CN=C(NCc1ccccc1OCC1CC1)NC(C)(C)C.I. The van der Waals surface area contributed by atoms with E-state index in [4.69, 9.17) is 4.74 Å². The summed E-state index contributed by atoms with van der Waals surface area (Å²) in [7, 11) is 1.79. The van der Waals surface area contributed by atoms with Gasteiger partial charge in [-0.1, -0.05) is 18.2 Å². The normalized spacial score (nSPS) is 15.0. The van der Waals surface area contributed by atoms with Gasteiger partial charge in [0.05, 0.1) is 6.61 Å². The maximum atomic E-state index is 5.93. The average Bonchev–Trinajstić information content (AvgIpc) is 3.25. The van der Waals surface area contributed by atoms with Crippen molar-refractivity contribution in [3.63, 3.8) is 0 Å². The van der Waals surface area contributed by atoms with Crippen molar-refractivity contribution >= 4 is 29.9 Å². The Kier molecular flexibility index (Phi) is 7.45. The molecule has 0 radical (unpaired) electrons. The topological polar surface area (TPSA) is 45.7 Å². The molecular formula is C17H28IN3O. The van der Waals surface area contributed by atoms with Gasteiger partial charge < -0.3 is 15.4 Å². The quantitative estimate of drug-likeness (QED) is 0.438. The molecular weight excluding hydrogens is 389 g/mol. The molecule has 2 rings (SSSR count). The van der Waals surface area contributed by atoms with Crippen LogP contribution in [0.2, 0.25) is 0 Å². The van der Waals surface area contributed by atoms with Crippen LogP contribution in [-0.2, 0) is 6.54 Å². The minimum absolute atomic E-state index is 0. The van der Waals surface area contributed by atoms with Crippen LogP contribution in [0.25, 0.3) is 0 Å². The first-order chi connectivity index (χ1) is 9.98. The lowest BCUT2D eigenvalue weighted by Gasteiger charge is -2.24. The summed E-state index contributed by atoms with van der Waals surface area (Å²) in [4.78, 5) is 4.26. The van der Waals surface area contributed by atoms with Crippen LogP contribution < -0.4 is 15.4 Å². The molecule has 1 saturated carbocycles. The number of para-hydroxylation sites is 1. The number of guanidine groups is 1. The zero-order valence-corrected chi connectivity index (χ0v) is 16.3. The number of aliphatic imine (C=N–C) groups is 1. The minimum atomic E-state index is -0.0101. The fourth-order valence-electron chi connectivity index (χ4n) is 2.00. The monoisotopic (exact) mass is 417 g/mol. The van der Waals surface area contributed by atoms with E-state index < -0.39 is 0 Å². The van der Waals surface area contributed by atoms with Crippen LogP contribution in [0, 0.1) is 5.92 Å². The van der Waals surface area contributed by atoms with Gasteiger partial charge in [-0.25, -0.2) is 0 Å². The van der Waals surface area contributed by atoms with E-state index in [0.717, 1.165) is 29.8 Å². The highest BCUT2D eigenvalue weighted by Gasteiger charge is 2.22. The highest BCUT2D eigenvalue weighted by atomic mass is 127. The number of benzene rings is 1. The van der Waals surface area contributed by atoms with Gasteiger partial charge in [-0.15, -0.1) is 24.0 Å². The Morgan fingerprint density at radius 3 is 2.55 bits per heavy atom. The number of ether oxygens (including phenoxy) is 1. The number of hydrogen-bond acceptors (Lipinski definition) is 2. The van der Waals surface area contributed by atoms with Crippen molar-refractivity contribution in [3.8, 4) is 5.75 Å². The van der Waals surface area contributed by atoms with Crippen LogP contribution in [0.15, 0.2) is 29.3 Å². The Labute approximate surface area is 151 Å². The molecule has 0 saturated heterocycles. The van der Waals surface area contributed by atoms with Gasteiger partial charge in [-0.3, -0.25) is 4.99 Å². The van der Waals surface area contributed by atoms with E-state index in [1.165, 1.54) is 12.8 Å². The number of rotatable bonds is 5. The lowest BCUT2D eigenvalue weighted by atomic mass is 10.1. The van der Waals surface area contributed by atoms with Crippen LogP contribution >= 0.6 is 24.0 Å². The zero-order valence-electron chi connectivity index (χ0n) is 14.0. The summed E-state index contributed by atoms with van der Waals surface area (Å²) < 4.78 is 5.93. The zero-order chi connectivity index (χ0) is 15.3. The number of nitrogens with zero attached hydrogens (tertiary/aromatic N) is 1. The van der Waals surface area contributed by atoms with E-state index in [9.17, 15) is 0 Å². The van der Waals surface area contributed by atoms with Gasteiger partial charge in [-0.2, -0.15) is 0 Å². The predicted octanol–water partition coefficient (Wildman–Crippen LogP) is 3.56. The molecule has 0 amide bonds. The lowest BCUT2D eigenvalue weighted by Crippen LogP contribution is -2.47. The third-order valence-electron chi connectivity index (χ3n) is 3.31. The van der Waals surface area contributed by atoms with Crippen LogP contribution in [0.3, 0.4) is 0 Å². The average molecular weight is 417 g/mol. The molecule has 0 atom stereocenters. The molecule has 1 aromatic rings. The van der Waals surface area contributed by atoms with Crippen LogP contribution in [0.1, 0.15) is 39.2 Å². The van der Waals surface area contributed by atoms with Crippen molar-refractivity contribution in [1.82, 2.24) is 10.6 Å².